The Morgan fingerprint density at radius 1 is 1.09 bits per heavy atom. The summed E-state index contributed by atoms with van der Waals surface area (Å²) < 4.78 is 20.0. The quantitative estimate of drug-likeness (QED) is 0.438. The van der Waals surface area contributed by atoms with Crippen LogP contribution in [0.3, 0.4) is 0 Å². The highest BCUT2D eigenvalue weighted by Crippen LogP contribution is 2.25. The van der Waals surface area contributed by atoms with Crippen molar-refractivity contribution < 1.29 is 13.9 Å². The van der Waals surface area contributed by atoms with E-state index in [4.69, 9.17) is 4.74 Å². The first kappa shape index (κ1) is 22.2. The Bertz CT molecular complexity index is 1410. The Kier molecular flexibility index (Phi) is 6.08. The number of hydrogen-bond donors (Lipinski definition) is 0. The molecule has 1 amide bonds. The van der Waals surface area contributed by atoms with Crippen molar-refractivity contribution in [3.05, 3.63) is 82.0 Å². The number of carbonyl (C=O) groups is 1. The van der Waals surface area contributed by atoms with Gasteiger partial charge in [0.2, 0.25) is 4.96 Å². The van der Waals surface area contributed by atoms with E-state index in [1.807, 2.05) is 17.0 Å². The Balaban J connectivity index is 1.27. The maximum absolute atomic E-state index is 13.6. The minimum atomic E-state index is -0.359. The van der Waals surface area contributed by atoms with Crippen LogP contribution < -0.4 is 10.3 Å². The number of hydrogen-bond acceptors (Lipinski definition) is 7. The summed E-state index contributed by atoms with van der Waals surface area (Å²) in [6, 6.07) is 14.7. The number of piperazine rings is 1. The van der Waals surface area contributed by atoms with Crippen molar-refractivity contribution in [2.75, 3.05) is 33.3 Å². The van der Waals surface area contributed by atoms with Crippen LogP contribution in [0.25, 0.3) is 15.5 Å². The first-order valence-corrected chi connectivity index (χ1v) is 11.6. The number of aromatic nitrogens is 3. The normalized spacial score (nSPS) is 14.5. The van der Waals surface area contributed by atoms with E-state index in [-0.39, 0.29) is 17.3 Å². The largest absolute Gasteiger partial charge is 0.497 e. The lowest BCUT2D eigenvalue weighted by atomic mass is 10.1. The van der Waals surface area contributed by atoms with E-state index >= 15 is 0 Å². The molecular formula is C24H22FN5O3S. The summed E-state index contributed by atoms with van der Waals surface area (Å²) in [5.74, 6) is 0.272. The van der Waals surface area contributed by atoms with Gasteiger partial charge in [0.05, 0.1) is 12.8 Å². The maximum atomic E-state index is 13.6. The summed E-state index contributed by atoms with van der Waals surface area (Å²) in [6.07, 6.45) is 0. The molecule has 3 heterocycles. The maximum Gasteiger partial charge on any atom is 0.275 e. The predicted molar refractivity (Wildman–Crippen MR) is 127 cm³/mol. The van der Waals surface area contributed by atoms with Gasteiger partial charge in [-0.25, -0.2) is 9.37 Å². The molecule has 0 atom stereocenters. The summed E-state index contributed by atoms with van der Waals surface area (Å²) in [5, 5.41) is 4.84. The molecule has 0 aliphatic carbocycles. The molecule has 0 radical (unpaired) electrons. The van der Waals surface area contributed by atoms with Gasteiger partial charge in [0.15, 0.2) is 0 Å². The number of ether oxygens (including phenoxy) is 1. The lowest BCUT2D eigenvalue weighted by molar-refractivity contribution is 0.0626. The highest BCUT2D eigenvalue weighted by Gasteiger charge is 2.23. The van der Waals surface area contributed by atoms with Crippen molar-refractivity contribution in [2.45, 2.75) is 6.54 Å². The summed E-state index contributed by atoms with van der Waals surface area (Å²) in [7, 11) is 1.58. The Labute approximate surface area is 198 Å². The third-order valence-corrected chi connectivity index (χ3v) is 6.69. The number of rotatable bonds is 5. The lowest BCUT2D eigenvalue weighted by Crippen LogP contribution is -2.48. The molecule has 1 fully saturated rings. The van der Waals surface area contributed by atoms with Crippen LogP contribution >= 0.6 is 11.3 Å². The third kappa shape index (κ3) is 4.55. The van der Waals surface area contributed by atoms with Gasteiger partial charge in [-0.15, -0.1) is 0 Å². The summed E-state index contributed by atoms with van der Waals surface area (Å²) in [5.41, 5.74) is 1.58. The van der Waals surface area contributed by atoms with E-state index in [1.54, 1.807) is 31.4 Å². The number of fused-ring (bicyclic) bond motifs is 1. The minimum absolute atomic E-state index is 0.0223. The fourth-order valence-corrected chi connectivity index (χ4v) is 4.87. The van der Waals surface area contributed by atoms with E-state index in [0.717, 1.165) is 0 Å². The van der Waals surface area contributed by atoms with E-state index in [2.05, 4.69) is 15.0 Å². The highest BCUT2D eigenvalue weighted by atomic mass is 32.1. The molecule has 174 valence electrons. The predicted octanol–water partition coefficient (Wildman–Crippen LogP) is 2.92. The molecule has 4 aromatic rings. The number of benzene rings is 2. The Hall–Kier alpha value is -3.63. The molecule has 8 nitrogen and oxygen atoms in total. The molecular weight excluding hydrogens is 457 g/mol. The topological polar surface area (TPSA) is 80.0 Å². The molecule has 1 saturated heterocycles. The number of nitrogens with zero attached hydrogens (tertiary/aromatic N) is 5. The van der Waals surface area contributed by atoms with Crippen LogP contribution in [0.4, 0.5) is 4.39 Å². The van der Waals surface area contributed by atoms with Crippen LogP contribution in [0, 0.1) is 5.82 Å². The molecule has 0 spiro atoms. The van der Waals surface area contributed by atoms with Gasteiger partial charge in [-0.05, 0) is 30.3 Å². The molecule has 34 heavy (non-hydrogen) atoms. The molecule has 2 aromatic carbocycles. The van der Waals surface area contributed by atoms with Crippen molar-refractivity contribution >= 4 is 22.2 Å². The first-order chi connectivity index (χ1) is 16.5. The van der Waals surface area contributed by atoms with E-state index < -0.39 is 0 Å². The van der Waals surface area contributed by atoms with Crippen molar-refractivity contribution in [3.63, 3.8) is 0 Å². The van der Waals surface area contributed by atoms with Crippen LogP contribution in [0.1, 0.15) is 16.1 Å². The molecule has 0 unspecified atom stereocenters. The summed E-state index contributed by atoms with van der Waals surface area (Å²) in [6.45, 7) is 3.02. The van der Waals surface area contributed by atoms with Gasteiger partial charge >= 0.3 is 0 Å². The van der Waals surface area contributed by atoms with Crippen molar-refractivity contribution in [3.8, 4) is 16.3 Å². The first-order valence-electron chi connectivity index (χ1n) is 10.8. The lowest BCUT2D eigenvalue weighted by Gasteiger charge is -2.34. The van der Waals surface area contributed by atoms with Crippen molar-refractivity contribution in [1.82, 2.24) is 24.4 Å². The fourth-order valence-electron chi connectivity index (χ4n) is 3.95. The van der Waals surface area contributed by atoms with Crippen LogP contribution in [-0.2, 0) is 6.54 Å². The molecule has 1 aliphatic rings. The van der Waals surface area contributed by atoms with E-state index in [9.17, 15) is 14.0 Å². The van der Waals surface area contributed by atoms with Gasteiger partial charge in [-0.1, -0.05) is 29.5 Å². The van der Waals surface area contributed by atoms with Crippen molar-refractivity contribution in [1.29, 1.82) is 0 Å². The number of halogens is 1. The van der Waals surface area contributed by atoms with Gasteiger partial charge in [0.1, 0.15) is 16.6 Å². The fraction of sp³-hybridized carbons (Fsp3) is 0.250. The zero-order valence-electron chi connectivity index (χ0n) is 18.5. The molecule has 10 heteroatoms. The van der Waals surface area contributed by atoms with Gasteiger partial charge in [0, 0.05) is 49.9 Å². The van der Waals surface area contributed by atoms with Crippen LogP contribution in [-0.4, -0.2) is 63.6 Å². The van der Waals surface area contributed by atoms with Gasteiger partial charge in [-0.2, -0.15) is 9.61 Å². The second-order valence-corrected chi connectivity index (χ2v) is 8.95. The number of carbonyl (C=O) groups excluding carboxylic acids is 1. The molecule has 0 saturated carbocycles. The van der Waals surface area contributed by atoms with Crippen molar-refractivity contribution in [2.24, 2.45) is 0 Å². The SMILES string of the molecule is COc1cccc(C(=O)N2CCN(Cc3cc(=O)n4nc(-c5cccc(F)c5)sc4n3)CC2)c1. The van der Waals surface area contributed by atoms with E-state index in [0.29, 0.717) is 65.3 Å². The molecule has 2 aromatic heterocycles. The number of amides is 1. The summed E-state index contributed by atoms with van der Waals surface area (Å²) in [4.78, 5) is 34.5. The zero-order chi connectivity index (χ0) is 23.7. The van der Waals surface area contributed by atoms with E-state index in [1.165, 1.54) is 34.1 Å². The molecule has 5 rings (SSSR count). The van der Waals surface area contributed by atoms with Crippen LogP contribution in [0.15, 0.2) is 59.4 Å². The molecule has 1 aliphatic heterocycles. The smallest absolute Gasteiger partial charge is 0.275 e. The number of methoxy groups -OCH3 is 1. The molecule has 0 N–H and O–H groups in total. The third-order valence-electron chi connectivity index (χ3n) is 5.73. The standard InChI is InChI=1S/C24H22FN5O3S/c1-33-20-7-3-5-17(13-20)23(32)29-10-8-28(9-11-29)15-19-14-21(31)30-24(26-19)34-22(27-30)16-4-2-6-18(25)12-16/h2-7,12-14H,8-11,15H2,1H3. The highest BCUT2D eigenvalue weighted by molar-refractivity contribution is 7.19. The second kappa shape index (κ2) is 9.32. The van der Waals surface area contributed by atoms with Gasteiger partial charge in [-0.3, -0.25) is 14.5 Å². The molecule has 0 bridgehead atoms. The van der Waals surface area contributed by atoms with Crippen LogP contribution in [0.2, 0.25) is 0 Å². The minimum Gasteiger partial charge on any atom is -0.497 e. The summed E-state index contributed by atoms with van der Waals surface area (Å²) >= 11 is 1.25. The Morgan fingerprint density at radius 3 is 2.65 bits per heavy atom. The van der Waals surface area contributed by atoms with Gasteiger partial charge in [0.25, 0.3) is 11.5 Å². The zero-order valence-corrected chi connectivity index (χ0v) is 19.3. The second-order valence-electron chi connectivity index (χ2n) is 8.00. The average Bonchev–Trinajstić information content (AvgIpc) is 3.29. The van der Waals surface area contributed by atoms with Gasteiger partial charge < -0.3 is 9.64 Å². The average molecular weight is 480 g/mol. The monoisotopic (exact) mass is 479 g/mol. The Morgan fingerprint density at radius 2 is 1.88 bits per heavy atom. The van der Waals surface area contributed by atoms with Crippen LogP contribution in [0.5, 0.6) is 5.75 Å².